The molecule has 31 heavy (non-hydrogen) atoms. The molecule has 0 saturated carbocycles. The van der Waals surface area contributed by atoms with Crippen LogP contribution in [0.2, 0.25) is 0 Å². The van der Waals surface area contributed by atoms with Crippen LogP contribution in [0, 0.1) is 0 Å². The third-order valence-electron chi connectivity index (χ3n) is 4.06. The van der Waals surface area contributed by atoms with Crippen LogP contribution < -0.4 is 21.1 Å². The average molecular weight is 428 g/mol. The molecule has 166 valence electrons. The largest absolute Gasteiger partial charge is 0.489 e. The topological polar surface area (TPSA) is 120 Å². The summed E-state index contributed by atoms with van der Waals surface area (Å²) < 4.78 is 11.0. The van der Waals surface area contributed by atoms with Crippen LogP contribution in [-0.2, 0) is 27.4 Å². The van der Waals surface area contributed by atoms with E-state index in [-0.39, 0.29) is 13.0 Å². The maximum atomic E-state index is 12.5. The molecule has 1 unspecified atom stereocenters. The standard InChI is InChI=1S/C23H29N3O5/c1-23(2,3)31-22(29)26-19(21(28)25-14-20(24)27)13-16-9-11-18(12-10-16)30-15-17-7-5-4-6-8-17/h4-12,19H,13-15H2,1-3H3,(H2,24,27)(H,25,28)(H,26,29). The van der Waals surface area contributed by atoms with E-state index in [2.05, 4.69) is 10.6 Å². The Balaban J connectivity index is 2.01. The van der Waals surface area contributed by atoms with Gasteiger partial charge in [-0.3, -0.25) is 9.59 Å². The summed E-state index contributed by atoms with van der Waals surface area (Å²) in [6.45, 7) is 5.30. The Morgan fingerprint density at radius 3 is 2.19 bits per heavy atom. The molecule has 0 radical (unpaired) electrons. The van der Waals surface area contributed by atoms with Gasteiger partial charge in [-0.1, -0.05) is 42.5 Å². The zero-order valence-electron chi connectivity index (χ0n) is 18.0. The maximum Gasteiger partial charge on any atom is 0.408 e. The molecular weight excluding hydrogens is 398 g/mol. The summed E-state index contributed by atoms with van der Waals surface area (Å²) in [4.78, 5) is 35.6. The molecule has 1 atom stereocenters. The number of hydrogen-bond donors (Lipinski definition) is 3. The van der Waals surface area contributed by atoms with Gasteiger partial charge in [0.1, 0.15) is 24.0 Å². The van der Waals surface area contributed by atoms with Crippen molar-refractivity contribution in [1.82, 2.24) is 10.6 Å². The smallest absolute Gasteiger partial charge is 0.408 e. The van der Waals surface area contributed by atoms with Crippen molar-refractivity contribution >= 4 is 17.9 Å². The number of rotatable bonds is 9. The van der Waals surface area contributed by atoms with Gasteiger partial charge in [-0.15, -0.1) is 0 Å². The second kappa shape index (κ2) is 11.0. The highest BCUT2D eigenvalue weighted by atomic mass is 16.6. The minimum Gasteiger partial charge on any atom is -0.489 e. The molecule has 0 aliphatic carbocycles. The zero-order valence-corrected chi connectivity index (χ0v) is 18.0. The maximum absolute atomic E-state index is 12.5. The molecule has 0 heterocycles. The summed E-state index contributed by atoms with van der Waals surface area (Å²) in [7, 11) is 0. The molecule has 2 rings (SSSR count). The predicted octanol–water partition coefficient (Wildman–Crippen LogP) is 2.30. The lowest BCUT2D eigenvalue weighted by Crippen LogP contribution is -2.50. The quantitative estimate of drug-likeness (QED) is 0.567. The van der Waals surface area contributed by atoms with Crippen LogP contribution in [0.3, 0.4) is 0 Å². The SMILES string of the molecule is CC(C)(C)OC(=O)NC(Cc1ccc(OCc2ccccc2)cc1)C(=O)NCC(N)=O. The Hall–Kier alpha value is -3.55. The highest BCUT2D eigenvalue weighted by Gasteiger charge is 2.25. The number of nitrogens with two attached hydrogens (primary N) is 1. The van der Waals surface area contributed by atoms with E-state index < -0.39 is 29.6 Å². The second-order valence-corrected chi connectivity index (χ2v) is 8.01. The van der Waals surface area contributed by atoms with Gasteiger partial charge in [0.2, 0.25) is 11.8 Å². The normalized spacial score (nSPS) is 11.8. The number of alkyl carbamates (subject to hydrolysis) is 1. The Morgan fingerprint density at radius 2 is 1.61 bits per heavy atom. The molecule has 3 amide bonds. The first-order chi connectivity index (χ1) is 14.6. The second-order valence-electron chi connectivity index (χ2n) is 8.01. The number of nitrogens with one attached hydrogen (secondary N) is 2. The minimum absolute atomic E-state index is 0.197. The van der Waals surface area contributed by atoms with Crippen LogP contribution in [0.15, 0.2) is 54.6 Å². The van der Waals surface area contributed by atoms with E-state index in [1.807, 2.05) is 42.5 Å². The highest BCUT2D eigenvalue weighted by Crippen LogP contribution is 2.16. The minimum atomic E-state index is -0.940. The van der Waals surface area contributed by atoms with Gasteiger partial charge in [-0.25, -0.2) is 4.79 Å². The van der Waals surface area contributed by atoms with Crippen LogP contribution in [0.1, 0.15) is 31.9 Å². The van der Waals surface area contributed by atoms with Gasteiger partial charge in [-0.2, -0.15) is 0 Å². The first kappa shape index (κ1) is 23.7. The first-order valence-corrected chi connectivity index (χ1v) is 9.93. The molecule has 0 aliphatic rings. The zero-order chi connectivity index (χ0) is 22.9. The number of carbonyl (C=O) groups excluding carboxylic acids is 3. The summed E-state index contributed by atoms with van der Waals surface area (Å²) in [6.07, 6.45) is -0.530. The number of primary amides is 1. The van der Waals surface area contributed by atoms with Crippen molar-refractivity contribution in [1.29, 1.82) is 0 Å². The fourth-order valence-corrected chi connectivity index (χ4v) is 2.65. The molecule has 4 N–H and O–H groups in total. The monoisotopic (exact) mass is 427 g/mol. The van der Waals surface area contributed by atoms with Crippen molar-refractivity contribution in [3.63, 3.8) is 0 Å². The predicted molar refractivity (Wildman–Crippen MR) is 116 cm³/mol. The van der Waals surface area contributed by atoms with E-state index in [9.17, 15) is 14.4 Å². The van der Waals surface area contributed by atoms with Crippen LogP contribution in [0.4, 0.5) is 4.79 Å². The molecule has 0 spiro atoms. The van der Waals surface area contributed by atoms with Gasteiger partial charge in [0.25, 0.3) is 0 Å². The molecule has 2 aromatic carbocycles. The van der Waals surface area contributed by atoms with E-state index in [4.69, 9.17) is 15.2 Å². The summed E-state index contributed by atoms with van der Waals surface area (Å²) >= 11 is 0. The lowest BCUT2D eigenvalue weighted by Gasteiger charge is -2.23. The summed E-state index contributed by atoms with van der Waals surface area (Å²) in [5.74, 6) is -0.527. The van der Waals surface area contributed by atoms with Crippen LogP contribution in [0.25, 0.3) is 0 Å². The summed E-state index contributed by atoms with van der Waals surface area (Å²) in [5.41, 5.74) is 6.22. The molecule has 0 fully saturated rings. The van der Waals surface area contributed by atoms with Gasteiger partial charge in [0, 0.05) is 6.42 Å². The van der Waals surface area contributed by atoms with Gasteiger partial charge >= 0.3 is 6.09 Å². The number of benzene rings is 2. The van der Waals surface area contributed by atoms with Crippen molar-refractivity contribution in [2.75, 3.05) is 6.54 Å². The third-order valence-corrected chi connectivity index (χ3v) is 4.06. The van der Waals surface area contributed by atoms with Gasteiger partial charge in [-0.05, 0) is 44.0 Å². The highest BCUT2D eigenvalue weighted by molar-refractivity contribution is 5.89. The Labute approximate surface area is 182 Å². The van der Waals surface area contributed by atoms with E-state index in [0.29, 0.717) is 12.4 Å². The molecular formula is C23H29N3O5. The lowest BCUT2D eigenvalue weighted by molar-refractivity contribution is -0.126. The van der Waals surface area contributed by atoms with E-state index in [1.54, 1.807) is 32.9 Å². The van der Waals surface area contributed by atoms with Crippen molar-refractivity contribution in [3.05, 3.63) is 65.7 Å². The molecule has 8 nitrogen and oxygen atoms in total. The number of carbonyl (C=O) groups is 3. The van der Waals surface area contributed by atoms with Crippen molar-refractivity contribution in [3.8, 4) is 5.75 Å². The van der Waals surface area contributed by atoms with Gasteiger partial charge < -0.3 is 25.8 Å². The van der Waals surface area contributed by atoms with Gasteiger partial charge in [0.15, 0.2) is 0 Å². The van der Waals surface area contributed by atoms with Crippen LogP contribution >= 0.6 is 0 Å². The molecule has 0 bridgehead atoms. The number of amides is 3. The first-order valence-electron chi connectivity index (χ1n) is 9.93. The fourth-order valence-electron chi connectivity index (χ4n) is 2.65. The number of ether oxygens (including phenoxy) is 2. The van der Waals surface area contributed by atoms with Crippen molar-refractivity contribution in [2.45, 2.75) is 45.4 Å². The molecule has 0 aliphatic heterocycles. The van der Waals surface area contributed by atoms with Crippen LogP contribution in [0.5, 0.6) is 5.75 Å². The molecule has 0 aromatic heterocycles. The summed E-state index contributed by atoms with van der Waals surface area (Å²) in [6, 6.07) is 16.1. The summed E-state index contributed by atoms with van der Waals surface area (Å²) in [5, 5.41) is 4.96. The Morgan fingerprint density at radius 1 is 0.968 bits per heavy atom. The third kappa shape index (κ3) is 9.20. The Bertz CT molecular complexity index is 876. The number of hydrogen-bond acceptors (Lipinski definition) is 5. The average Bonchev–Trinajstić information content (AvgIpc) is 2.70. The molecule has 2 aromatic rings. The van der Waals surface area contributed by atoms with E-state index in [0.717, 1.165) is 11.1 Å². The molecule has 0 saturated heterocycles. The van der Waals surface area contributed by atoms with Gasteiger partial charge in [0.05, 0.1) is 6.54 Å². The van der Waals surface area contributed by atoms with Crippen molar-refractivity contribution in [2.24, 2.45) is 5.73 Å². The van der Waals surface area contributed by atoms with Crippen LogP contribution in [-0.4, -0.2) is 36.1 Å². The lowest BCUT2D eigenvalue weighted by atomic mass is 10.1. The molecule has 8 heteroatoms. The van der Waals surface area contributed by atoms with E-state index >= 15 is 0 Å². The van der Waals surface area contributed by atoms with E-state index in [1.165, 1.54) is 0 Å². The Kier molecular flexibility index (Phi) is 8.43. The fraction of sp³-hybridized carbons (Fsp3) is 0.348. The van der Waals surface area contributed by atoms with Crippen molar-refractivity contribution < 1.29 is 23.9 Å².